The molecule has 18 heavy (non-hydrogen) atoms. The molecule has 2 aromatic rings. The van der Waals surface area contributed by atoms with Crippen molar-refractivity contribution < 1.29 is 16.2 Å². The van der Waals surface area contributed by atoms with Crippen molar-refractivity contribution in [3.63, 3.8) is 0 Å². The number of benzene rings is 2. The second-order valence-corrected chi connectivity index (χ2v) is 5.23. The standard InChI is InChI=1S/C12H10O4S2/c1-2-17(13)16-18(14)15-12-9-5-7-10-6-3-4-8-11(10)12/h2-9H,1H2. The summed E-state index contributed by atoms with van der Waals surface area (Å²) in [5.74, 6) is 0.410. The Labute approximate surface area is 110 Å². The second-order valence-electron chi connectivity index (χ2n) is 3.26. The number of fused-ring (bicyclic) bond motifs is 1. The Bertz CT molecular complexity index is 619. The lowest BCUT2D eigenvalue weighted by Gasteiger charge is -2.06. The van der Waals surface area contributed by atoms with Crippen molar-refractivity contribution in [2.24, 2.45) is 0 Å². The predicted octanol–water partition coefficient (Wildman–Crippen LogP) is 2.62. The predicted molar refractivity (Wildman–Crippen MR) is 72.1 cm³/mol. The zero-order chi connectivity index (χ0) is 13.0. The minimum atomic E-state index is -2.13. The lowest BCUT2D eigenvalue weighted by molar-refractivity contribution is 0.479. The molecule has 0 fully saturated rings. The van der Waals surface area contributed by atoms with Gasteiger partial charge in [-0.05, 0) is 11.5 Å². The quantitative estimate of drug-likeness (QED) is 0.846. The Morgan fingerprint density at radius 1 is 1.06 bits per heavy atom. The summed E-state index contributed by atoms with van der Waals surface area (Å²) in [5.41, 5.74) is 0. The van der Waals surface area contributed by atoms with Crippen LogP contribution in [-0.4, -0.2) is 8.42 Å². The highest BCUT2D eigenvalue weighted by atomic mass is 32.3. The van der Waals surface area contributed by atoms with Crippen molar-refractivity contribution >= 4 is 33.2 Å². The van der Waals surface area contributed by atoms with Crippen LogP contribution in [0.2, 0.25) is 0 Å². The van der Waals surface area contributed by atoms with Crippen LogP contribution in [0.3, 0.4) is 0 Å². The van der Waals surface area contributed by atoms with Gasteiger partial charge in [-0.25, -0.2) is 4.21 Å². The Kier molecular flexibility index (Phi) is 4.24. The third-order valence-corrected chi connectivity index (χ3v) is 3.73. The molecule has 94 valence electrons. The van der Waals surface area contributed by atoms with Gasteiger partial charge in [0.15, 0.2) is 11.1 Å². The Balaban J connectivity index is 2.24. The third-order valence-electron chi connectivity index (χ3n) is 2.17. The van der Waals surface area contributed by atoms with E-state index in [1.807, 2.05) is 30.3 Å². The van der Waals surface area contributed by atoms with Crippen LogP contribution in [0.5, 0.6) is 5.75 Å². The van der Waals surface area contributed by atoms with Gasteiger partial charge in [0.05, 0.1) is 0 Å². The molecule has 0 aliphatic rings. The molecule has 0 saturated carbocycles. The van der Waals surface area contributed by atoms with Crippen LogP contribution in [0.15, 0.2) is 54.5 Å². The van der Waals surface area contributed by atoms with E-state index in [0.29, 0.717) is 5.75 Å². The molecule has 0 saturated heterocycles. The van der Waals surface area contributed by atoms with E-state index in [1.165, 1.54) is 0 Å². The maximum Gasteiger partial charge on any atom is 0.374 e. The molecule has 2 rings (SSSR count). The molecule has 2 atom stereocenters. The summed E-state index contributed by atoms with van der Waals surface area (Å²) in [4.78, 5) is 0. The van der Waals surface area contributed by atoms with E-state index in [4.69, 9.17) is 4.18 Å². The van der Waals surface area contributed by atoms with Gasteiger partial charge in [-0.3, -0.25) is 0 Å². The van der Waals surface area contributed by atoms with E-state index in [1.54, 1.807) is 12.1 Å². The summed E-state index contributed by atoms with van der Waals surface area (Å²) in [6, 6.07) is 12.8. The van der Waals surface area contributed by atoms with Crippen molar-refractivity contribution in [3.8, 4) is 5.75 Å². The first-order chi connectivity index (χ1) is 8.70. The molecule has 4 nitrogen and oxygen atoms in total. The summed E-state index contributed by atoms with van der Waals surface area (Å²) >= 11 is -3.95. The van der Waals surface area contributed by atoms with E-state index in [2.05, 4.69) is 10.2 Å². The summed E-state index contributed by atoms with van der Waals surface area (Å²) in [6.07, 6.45) is 0. The molecular formula is C12H10O4S2. The third kappa shape index (κ3) is 3.04. The topological polar surface area (TPSA) is 52.6 Å². The molecule has 0 radical (unpaired) electrons. The largest absolute Gasteiger partial charge is 0.379 e. The Hall–Kier alpha value is -1.50. The van der Waals surface area contributed by atoms with Gasteiger partial charge in [0.1, 0.15) is 5.75 Å². The van der Waals surface area contributed by atoms with Crippen LogP contribution in [-0.2, 0) is 26.1 Å². The monoisotopic (exact) mass is 282 g/mol. The zero-order valence-corrected chi connectivity index (χ0v) is 10.9. The normalized spacial score (nSPS) is 14.0. The minimum absolute atomic E-state index is 0.410. The molecule has 6 heteroatoms. The van der Waals surface area contributed by atoms with Gasteiger partial charge in [-0.15, -0.1) is 0 Å². The molecule has 2 aromatic carbocycles. The Morgan fingerprint density at radius 2 is 1.78 bits per heavy atom. The smallest absolute Gasteiger partial charge is 0.374 e. The van der Waals surface area contributed by atoms with Gasteiger partial charge in [-0.1, -0.05) is 43.0 Å². The number of hydrogen-bond donors (Lipinski definition) is 0. The highest BCUT2D eigenvalue weighted by Crippen LogP contribution is 2.25. The second kappa shape index (κ2) is 5.90. The van der Waals surface area contributed by atoms with Gasteiger partial charge in [0.25, 0.3) is 0 Å². The molecule has 0 aliphatic carbocycles. The zero-order valence-electron chi connectivity index (χ0n) is 9.28. The molecule has 0 spiro atoms. The van der Waals surface area contributed by atoms with Gasteiger partial charge < -0.3 is 4.18 Å². The summed E-state index contributed by atoms with van der Waals surface area (Å²) < 4.78 is 32.1. The SMILES string of the molecule is C=CS(=O)OS(=O)Oc1cccc2ccccc12. The number of rotatable bonds is 5. The van der Waals surface area contributed by atoms with E-state index < -0.39 is 22.4 Å². The first-order valence-corrected chi connectivity index (χ1v) is 7.14. The molecule has 0 amide bonds. The van der Waals surface area contributed by atoms with Crippen LogP contribution in [0.25, 0.3) is 10.8 Å². The summed E-state index contributed by atoms with van der Waals surface area (Å²) in [6.45, 7) is 3.26. The van der Waals surface area contributed by atoms with Crippen LogP contribution in [0.1, 0.15) is 0 Å². The van der Waals surface area contributed by atoms with Crippen molar-refractivity contribution in [2.45, 2.75) is 0 Å². The van der Waals surface area contributed by atoms with E-state index in [0.717, 1.165) is 16.2 Å². The Morgan fingerprint density at radius 3 is 2.56 bits per heavy atom. The maximum atomic E-state index is 11.5. The maximum absolute atomic E-state index is 11.5. The molecule has 0 heterocycles. The van der Waals surface area contributed by atoms with E-state index in [-0.39, 0.29) is 0 Å². The van der Waals surface area contributed by atoms with Crippen LogP contribution >= 0.6 is 0 Å². The molecular weight excluding hydrogens is 272 g/mol. The molecule has 0 aliphatic heterocycles. The van der Waals surface area contributed by atoms with Crippen LogP contribution in [0.4, 0.5) is 0 Å². The molecule has 0 aromatic heterocycles. The van der Waals surface area contributed by atoms with Gasteiger partial charge >= 0.3 is 11.4 Å². The van der Waals surface area contributed by atoms with Crippen LogP contribution in [0, 0.1) is 0 Å². The highest BCUT2D eigenvalue weighted by Gasteiger charge is 2.09. The first kappa shape index (κ1) is 12.9. The lowest BCUT2D eigenvalue weighted by atomic mass is 10.1. The molecule has 0 bridgehead atoms. The highest BCUT2D eigenvalue weighted by molar-refractivity contribution is 7.93. The summed E-state index contributed by atoms with van der Waals surface area (Å²) in [5, 5.41) is 2.79. The average molecular weight is 282 g/mol. The fraction of sp³-hybridized carbons (Fsp3) is 0. The fourth-order valence-corrected chi connectivity index (χ4v) is 2.50. The van der Waals surface area contributed by atoms with Gasteiger partial charge in [0, 0.05) is 10.8 Å². The van der Waals surface area contributed by atoms with Crippen molar-refractivity contribution in [3.05, 3.63) is 54.5 Å². The van der Waals surface area contributed by atoms with Crippen molar-refractivity contribution in [1.29, 1.82) is 0 Å². The van der Waals surface area contributed by atoms with Gasteiger partial charge in [-0.2, -0.15) is 7.84 Å². The number of hydrogen-bond acceptors (Lipinski definition) is 4. The average Bonchev–Trinajstić information content (AvgIpc) is 2.39. The first-order valence-electron chi connectivity index (χ1n) is 5.00. The molecule has 0 N–H and O–H groups in total. The molecule has 2 unspecified atom stereocenters. The van der Waals surface area contributed by atoms with E-state index >= 15 is 0 Å². The van der Waals surface area contributed by atoms with Crippen molar-refractivity contribution in [2.75, 3.05) is 0 Å². The van der Waals surface area contributed by atoms with Crippen LogP contribution < -0.4 is 4.18 Å². The fourth-order valence-electron chi connectivity index (χ4n) is 1.44. The summed E-state index contributed by atoms with van der Waals surface area (Å²) in [7, 11) is 0. The van der Waals surface area contributed by atoms with Gasteiger partial charge in [0.2, 0.25) is 0 Å². The minimum Gasteiger partial charge on any atom is -0.379 e. The van der Waals surface area contributed by atoms with Crippen molar-refractivity contribution in [1.82, 2.24) is 0 Å². The lowest BCUT2D eigenvalue weighted by Crippen LogP contribution is -2.06. The van der Waals surface area contributed by atoms with E-state index in [9.17, 15) is 8.42 Å².